The number of nitrogens with one attached hydrogen (secondary N) is 2. The second-order valence-corrected chi connectivity index (χ2v) is 34.6. The lowest BCUT2D eigenvalue weighted by Crippen LogP contribution is -2.43. The summed E-state index contributed by atoms with van der Waals surface area (Å²) in [6, 6.07) is 39.0. The summed E-state index contributed by atoms with van der Waals surface area (Å²) in [6.45, 7) is 35.0. The summed E-state index contributed by atoms with van der Waals surface area (Å²) in [5.41, 5.74) is 32.9. The molecule has 9 rings (SSSR count). The standard InChI is InChI=1S/C71H76N4Si2/c1-17-55-20-18-19-21-58(55)70-63-34-30-59(72-63)68(56-26-22-53(23-27-56)38-40-76(44(2)3,45(4)5)46(6)7)61-32-36-65(74-61)71(67-51(15)42-50(14)43-52(67)16)66-37-33-62(75-66)69(60-31-35-64(70)73-60)57-28-24-54(25-29-57)39-41-77(47(8)9,48(10)11)49(12)13/h1,18-37,42-49,72,75H,2-16H3. The fourth-order valence-electron chi connectivity index (χ4n) is 13.4. The molecule has 6 heteroatoms. The van der Waals surface area contributed by atoms with E-state index in [1.165, 1.54) is 22.3 Å². The maximum atomic E-state index is 6.30. The molecule has 3 aromatic heterocycles. The monoisotopic (exact) mass is 1040 g/mol. The van der Waals surface area contributed by atoms with Crippen molar-refractivity contribution >= 4 is 62.5 Å². The lowest BCUT2D eigenvalue weighted by molar-refractivity contribution is 0.838. The van der Waals surface area contributed by atoms with Crippen molar-refractivity contribution in [1.29, 1.82) is 0 Å². The van der Waals surface area contributed by atoms with Crippen molar-refractivity contribution in [2.45, 2.75) is 137 Å². The fourth-order valence-corrected chi connectivity index (χ4v) is 23.9. The van der Waals surface area contributed by atoms with E-state index in [9.17, 15) is 0 Å². The Labute approximate surface area is 462 Å². The van der Waals surface area contributed by atoms with Crippen molar-refractivity contribution in [2.24, 2.45) is 0 Å². The van der Waals surface area contributed by atoms with Gasteiger partial charge in [0.2, 0.25) is 0 Å². The summed E-state index contributed by atoms with van der Waals surface area (Å²) in [4.78, 5) is 19.1. The molecule has 8 bridgehead atoms. The lowest BCUT2D eigenvalue weighted by atomic mass is 9.92. The van der Waals surface area contributed by atoms with Crippen LogP contribution in [0.15, 0.2) is 109 Å². The number of rotatable bonds is 10. The van der Waals surface area contributed by atoms with Crippen LogP contribution in [0.4, 0.5) is 0 Å². The summed E-state index contributed by atoms with van der Waals surface area (Å²) < 4.78 is 0. The largest absolute Gasteiger partial charge is 0.354 e. The van der Waals surface area contributed by atoms with E-state index >= 15 is 0 Å². The van der Waals surface area contributed by atoms with Crippen molar-refractivity contribution in [3.05, 3.63) is 165 Å². The van der Waals surface area contributed by atoms with E-state index in [0.717, 1.165) is 100 Å². The van der Waals surface area contributed by atoms with Gasteiger partial charge in [-0.05, 0) is 161 Å². The van der Waals surface area contributed by atoms with Crippen LogP contribution in [0.3, 0.4) is 0 Å². The highest BCUT2D eigenvalue weighted by atomic mass is 28.3. The Bertz CT molecular complexity index is 3660. The molecule has 0 amide bonds. The minimum Gasteiger partial charge on any atom is -0.354 e. The number of H-pyrrole nitrogens is 2. The Kier molecular flexibility index (Phi) is 15.5. The normalized spacial score (nSPS) is 12.5. The number of aromatic nitrogens is 4. The van der Waals surface area contributed by atoms with Crippen LogP contribution in [0, 0.1) is 56.0 Å². The van der Waals surface area contributed by atoms with Gasteiger partial charge in [-0.15, -0.1) is 17.5 Å². The van der Waals surface area contributed by atoms with Gasteiger partial charge in [-0.25, -0.2) is 9.97 Å². The minimum absolute atomic E-state index is 0.550. The lowest BCUT2D eigenvalue weighted by Gasteiger charge is -2.38. The van der Waals surface area contributed by atoms with Crippen LogP contribution in [0.2, 0.25) is 33.2 Å². The third kappa shape index (κ3) is 10.1. The van der Waals surface area contributed by atoms with Crippen LogP contribution in [-0.2, 0) is 0 Å². The molecule has 77 heavy (non-hydrogen) atoms. The SMILES string of the molecule is C#Cc1ccccc1-c1c2nc(c(-c3ccc(C#C[Si](C(C)C)(C(C)C)C(C)C)cc3)c3ccc([nH]3)c(-c3c(C)cc(C)cc3C)c3nc(c(-c4ccc(C#C[Si](C(C)C)(C(C)C)C(C)C)cc4)c4ccc1[nH]4)C=C3)C=C2. The highest BCUT2D eigenvalue weighted by Gasteiger charge is 2.42. The molecular weight excluding hydrogens is 965 g/mol. The molecule has 388 valence electrons. The van der Waals surface area contributed by atoms with Gasteiger partial charge in [-0.3, -0.25) is 0 Å². The molecule has 4 aromatic carbocycles. The van der Waals surface area contributed by atoms with Gasteiger partial charge in [0.15, 0.2) is 0 Å². The van der Waals surface area contributed by atoms with Crippen molar-refractivity contribution in [3.8, 4) is 79.8 Å². The number of fused-ring (bicyclic) bond motifs is 8. The Hall–Kier alpha value is -7.41. The molecule has 2 aliphatic rings. The van der Waals surface area contributed by atoms with E-state index in [1.807, 2.05) is 18.2 Å². The molecule has 0 unspecified atom stereocenters. The molecule has 0 radical (unpaired) electrons. The number of benzene rings is 4. The van der Waals surface area contributed by atoms with E-state index in [0.29, 0.717) is 33.2 Å². The predicted octanol–water partition coefficient (Wildman–Crippen LogP) is 19.4. The second kappa shape index (κ2) is 21.9. The molecule has 0 fully saturated rings. The van der Waals surface area contributed by atoms with E-state index in [-0.39, 0.29) is 0 Å². The van der Waals surface area contributed by atoms with Crippen molar-refractivity contribution < 1.29 is 0 Å². The highest BCUT2D eigenvalue weighted by Crippen LogP contribution is 2.44. The van der Waals surface area contributed by atoms with Crippen LogP contribution in [-0.4, -0.2) is 36.1 Å². The zero-order valence-corrected chi connectivity index (χ0v) is 50.1. The van der Waals surface area contributed by atoms with Crippen molar-refractivity contribution in [3.63, 3.8) is 0 Å². The third-order valence-corrected chi connectivity index (χ3v) is 29.5. The number of terminal acetylenes is 1. The first-order valence-corrected chi connectivity index (χ1v) is 32.3. The number of nitrogens with zero attached hydrogens (tertiary/aromatic N) is 2. The van der Waals surface area contributed by atoms with Gasteiger partial charge in [-0.2, -0.15) is 0 Å². The van der Waals surface area contributed by atoms with Crippen LogP contribution in [0.1, 0.15) is 139 Å². The number of aryl methyl sites for hydroxylation is 3. The predicted molar refractivity (Wildman–Crippen MR) is 339 cm³/mol. The first-order valence-electron chi connectivity index (χ1n) is 27.9. The first-order chi connectivity index (χ1) is 36.8. The summed E-state index contributed by atoms with van der Waals surface area (Å²) in [6.07, 6.45) is 14.9. The summed E-state index contributed by atoms with van der Waals surface area (Å²) in [7, 11) is -3.88. The third-order valence-electron chi connectivity index (χ3n) is 17.0. The number of aromatic amines is 2. The van der Waals surface area contributed by atoms with Gasteiger partial charge in [0, 0.05) is 66.6 Å². The van der Waals surface area contributed by atoms with Gasteiger partial charge < -0.3 is 9.97 Å². The molecule has 0 saturated heterocycles. The van der Waals surface area contributed by atoms with Crippen LogP contribution in [0.25, 0.3) is 90.9 Å². The molecule has 0 aliphatic carbocycles. The van der Waals surface area contributed by atoms with Crippen molar-refractivity contribution in [1.82, 2.24) is 19.9 Å². The molecule has 4 nitrogen and oxygen atoms in total. The van der Waals surface area contributed by atoms with Gasteiger partial charge in [0.25, 0.3) is 0 Å². The summed E-state index contributed by atoms with van der Waals surface area (Å²) in [5.74, 6) is 10.4. The van der Waals surface area contributed by atoms with E-state index in [2.05, 4.69) is 258 Å². The Morgan fingerprint density at radius 1 is 0.416 bits per heavy atom. The molecule has 0 atom stereocenters. The smallest absolute Gasteiger partial charge is 0.146 e. The average molecular weight is 1040 g/mol. The maximum Gasteiger partial charge on any atom is 0.146 e. The topological polar surface area (TPSA) is 57.4 Å². The van der Waals surface area contributed by atoms with Crippen LogP contribution >= 0.6 is 0 Å². The Morgan fingerprint density at radius 2 is 0.766 bits per heavy atom. The zero-order valence-electron chi connectivity index (χ0n) is 48.1. The van der Waals surface area contributed by atoms with E-state index in [4.69, 9.17) is 16.4 Å². The van der Waals surface area contributed by atoms with Gasteiger partial charge in [-0.1, -0.05) is 161 Å². The zero-order chi connectivity index (χ0) is 55.1. The van der Waals surface area contributed by atoms with Gasteiger partial charge in [0.05, 0.1) is 22.8 Å². The Morgan fingerprint density at radius 3 is 1.16 bits per heavy atom. The first kappa shape index (κ1) is 54.4. The Balaban J connectivity index is 1.36. The quantitative estimate of drug-likeness (QED) is 0.106. The van der Waals surface area contributed by atoms with Crippen LogP contribution < -0.4 is 0 Å². The van der Waals surface area contributed by atoms with E-state index < -0.39 is 16.1 Å². The molecule has 7 aromatic rings. The molecule has 2 aliphatic heterocycles. The molecule has 0 saturated carbocycles. The fraction of sp³-hybridized carbons (Fsp3) is 0.296. The maximum absolute atomic E-state index is 6.30. The van der Waals surface area contributed by atoms with Crippen molar-refractivity contribution in [2.75, 3.05) is 0 Å². The number of hydrogen-bond donors (Lipinski definition) is 2. The van der Waals surface area contributed by atoms with E-state index in [1.54, 1.807) is 0 Å². The minimum atomic E-state index is -1.94. The molecule has 0 spiro atoms. The summed E-state index contributed by atoms with van der Waals surface area (Å²) in [5, 5.41) is 0. The molecular formula is C71H76N4Si2. The molecule has 5 heterocycles. The highest BCUT2D eigenvalue weighted by molar-refractivity contribution is 6.91. The van der Waals surface area contributed by atoms with Gasteiger partial charge >= 0.3 is 0 Å². The molecule has 2 N–H and O–H groups in total. The van der Waals surface area contributed by atoms with Crippen LogP contribution in [0.5, 0.6) is 0 Å². The summed E-state index contributed by atoms with van der Waals surface area (Å²) >= 11 is 0. The second-order valence-electron chi connectivity index (χ2n) is 23.4. The van der Waals surface area contributed by atoms with Gasteiger partial charge in [0.1, 0.15) is 16.1 Å². The number of hydrogen-bond acceptors (Lipinski definition) is 2. The average Bonchev–Trinajstić information content (AvgIpc) is 4.27.